The quantitative estimate of drug-likeness (QED) is 0.846. The average molecular weight is 304 g/mol. The van der Waals surface area contributed by atoms with Gasteiger partial charge in [0.05, 0.1) is 4.88 Å². The molecule has 1 rings (SSSR count). The molecule has 0 saturated carbocycles. The Morgan fingerprint density at radius 1 is 1.62 bits per heavy atom. The number of aryl methyl sites for hydroxylation is 1. The second-order valence-electron chi connectivity index (χ2n) is 4.42. The summed E-state index contributed by atoms with van der Waals surface area (Å²) in [6.45, 7) is 8.14. The van der Waals surface area contributed by atoms with Crippen LogP contribution < -0.4 is 5.32 Å². The smallest absolute Gasteiger partial charge is 0.262 e. The highest BCUT2D eigenvalue weighted by Crippen LogP contribution is 2.21. The average Bonchev–Trinajstić information content (AvgIpc) is 2.64. The van der Waals surface area contributed by atoms with Crippen LogP contribution in [0.1, 0.15) is 42.9 Å². The number of hydrogen-bond acceptors (Lipinski definition) is 2. The van der Waals surface area contributed by atoms with Gasteiger partial charge in [-0.3, -0.25) is 4.79 Å². The number of thiophene rings is 1. The Morgan fingerprint density at radius 3 is 2.75 bits per heavy atom. The molecule has 0 bridgehead atoms. The van der Waals surface area contributed by atoms with Crippen LogP contribution in [0.15, 0.2) is 11.4 Å². The van der Waals surface area contributed by atoms with E-state index in [1.165, 1.54) is 11.3 Å². The Morgan fingerprint density at radius 2 is 2.25 bits per heavy atom. The highest BCUT2D eigenvalue weighted by molar-refractivity contribution is 9.09. The van der Waals surface area contributed by atoms with Gasteiger partial charge in [0, 0.05) is 10.4 Å². The number of nitrogens with one attached hydrogen (secondary N) is 1. The van der Waals surface area contributed by atoms with Crippen molar-refractivity contribution in [1.29, 1.82) is 0 Å². The summed E-state index contributed by atoms with van der Waals surface area (Å²) in [6, 6.07) is 2.02. The molecule has 16 heavy (non-hydrogen) atoms. The maximum atomic E-state index is 12.1. The SMILES string of the molecule is CCc1ccsc1C(=O)NC(C)(C)C(C)Br. The third-order valence-corrected chi connectivity index (χ3v) is 4.86. The molecule has 1 heterocycles. The molecule has 0 aliphatic rings. The van der Waals surface area contributed by atoms with Crippen molar-refractivity contribution < 1.29 is 4.79 Å². The monoisotopic (exact) mass is 303 g/mol. The Balaban J connectivity index is 2.81. The van der Waals surface area contributed by atoms with Gasteiger partial charge >= 0.3 is 0 Å². The molecule has 0 spiro atoms. The van der Waals surface area contributed by atoms with E-state index in [4.69, 9.17) is 0 Å². The van der Waals surface area contributed by atoms with Crippen LogP contribution >= 0.6 is 27.3 Å². The summed E-state index contributed by atoms with van der Waals surface area (Å²) in [5.74, 6) is 0.0307. The van der Waals surface area contributed by atoms with E-state index in [0.29, 0.717) is 0 Å². The predicted molar refractivity (Wildman–Crippen MR) is 73.6 cm³/mol. The van der Waals surface area contributed by atoms with Crippen molar-refractivity contribution in [3.63, 3.8) is 0 Å². The van der Waals surface area contributed by atoms with Crippen LogP contribution in [0.3, 0.4) is 0 Å². The van der Waals surface area contributed by atoms with Crippen molar-refractivity contribution in [3.8, 4) is 0 Å². The summed E-state index contributed by atoms with van der Waals surface area (Å²) >= 11 is 5.02. The summed E-state index contributed by atoms with van der Waals surface area (Å²) in [5.41, 5.74) is 0.882. The van der Waals surface area contributed by atoms with Crippen molar-refractivity contribution >= 4 is 33.2 Å². The third-order valence-electron chi connectivity index (χ3n) is 2.76. The molecule has 1 aromatic heterocycles. The molecule has 90 valence electrons. The lowest BCUT2D eigenvalue weighted by Gasteiger charge is -2.29. The van der Waals surface area contributed by atoms with Crippen LogP contribution in [-0.2, 0) is 6.42 Å². The minimum Gasteiger partial charge on any atom is -0.345 e. The van der Waals surface area contributed by atoms with Gasteiger partial charge in [0.25, 0.3) is 5.91 Å². The summed E-state index contributed by atoms with van der Waals surface area (Å²) in [4.78, 5) is 13.2. The predicted octanol–water partition coefficient (Wildman–Crippen LogP) is 3.60. The van der Waals surface area contributed by atoms with E-state index in [2.05, 4.69) is 28.2 Å². The molecule has 1 atom stereocenters. The molecule has 1 aromatic rings. The second kappa shape index (κ2) is 5.32. The summed E-state index contributed by atoms with van der Waals surface area (Å²) in [6.07, 6.45) is 0.899. The van der Waals surface area contributed by atoms with E-state index in [1.807, 2.05) is 32.2 Å². The van der Waals surface area contributed by atoms with Crippen molar-refractivity contribution in [1.82, 2.24) is 5.32 Å². The highest BCUT2D eigenvalue weighted by Gasteiger charge is 2.27. The minimum atomic E-state index is -0.244. The van der Waals surface area contributed by atoms with Crippen molar-refractivity contribution in [2.24, 2.45) is 0 Å². The lowest BCUT2D eigenvalue weighted by atomic mass is 10.0. The van der Waals surface area contributed by atoms with E-state index >= 15 is 0 Å². The minimum absolute atomic E-state index is 0.0307. The topological polar surface area (TPSA) is 29.1 Å². The Hall–Kier alpha value is -0.350. The Labute approximate surface area is 110 Å². The van der Waals surface area contributed by atoms with Crippen LogP contribution in [0.25, 0.3) is 0 Å². The lowest BCUT2D eigenvalue weighted by molar-refractivity contribution is 0.0917. The van der Waals surface area contributed by atoms with Gasteiger partial charge in [-0.25, -0.2) is 0 Å². The Kier molecular flexibility index (Phi) is 4.56. The summed E-state index contributed by atoms with van der Waals surface area (Å²) < 4.78 is 0. The number of carbonyl (C=O) groups excluding carboxylic acids is 1. The molecule has 0 radical (unpaired) electrons. The first-order chi connectivity index (χ1) is 7.38. The van der Waals surface area contributed by atoms with Crippen LogP contribution in [0.5, 0.6) is 0 Å². The summed E-state index contributed by atoms with van der Waals surface area (Å²) in [5, 5.41) is 5.03. The standard InChI is InChI=1S/C12H18BrNOS/c1-5-9-6-7-16-10(9)11(15)14-12(3,4)8(2)13/h6-8H,5H2,1-4H3,(H,14,15). The molecule has 1 amide bonds. The number of amides is 1. The molecule has 4 heteroatoms. The normalized spacial score (nSPS) is 13.6. The number of halogens is 1. The van der Waals surface area contributed by atoms with E-state index < -0.39 is 0 Å². The largest absolute Gasteiger partial charge is 0.345 e. The van der Waals surface area contributed by atoms with E-state index in [0.717, 1.165) is 16.9 Å². The number of rotatable bonds is 4. The fourth-order valence-electron chi connectivity index (χ4n) is 1.26. The second-order valence-corrected chi connectivity index (χ2v) is 6.71. The molecule has 0 aliphatic carbocycles. The fourth-order valence-corrected chi connectivity index (χ4v) is 2.27. The van der Waals surface area contributed by atoms with Gasteiger partial charge in [0.1, 0.15) is 0 Å². The first-order valence-corrected chi connectivity index (χ1v) is 7.21. The molecule has 1 N–H and O–H groups in total. The van der Waals surface area contributed by atoms with Crippen LogP contribution in [0.2, 0.25) is 0 Å². The molecule has 2 nitrogen and oxygen atoms in total. The van der Waals surface area contributed by atoms with Gasteiger partial charge in [0.15, 0.2) is 0 Å². The lowest BCUT2D eigenvalue weighted by Crippen LogP contribution is -2.48. The van der Waals surface area contributed by atoms with Crippen molar-refractivity contribution in [3.05, 3.63) is 21.9 Å². The molecular formula is C12H18BrNOS. The number of carbonyl (C=O) groups is 1. The fraction of sp³-hybridized carbons (Fsp3) is 0.583. The molecule has 1 unspecified atom stereocenters. The van der Waals surface area contributed by atoms with Gasteiger partial charge < -0.3 is 5.32 Å². The first-order valence-electron chi connectivity index (χ1n) is 5.41. The molecule has 0 aromatic carbocycles. The summed E-state index contributed by atoms with van der Waals surface area (Å²) in [7, 11) is 0. The van der Waals surface area contributed by atoms with Crippen molar-refractivity contribution in [2.45, 2.75) is 44.5 Å². The molecular weight excluding hydrogens is 286 g/mol. The molecule has 0 saturated heterocycles. The third kappa shape index (κ3) is 3.08. The zero-order chi connectivity index (χ0) is 12.3. The van der Waals surface area contributed by atoms with Gasteiger partial charge in [-0.1, -0.05) is 29.8 Å². The van der Waals surface area contributed by atoms with Gasteiger partial charge in [-0.05, 0) is 37.3 Å². The van der Waals surface area contributed by atoms with Crippen LogP contribution in [0, 0.1) is 0 Å². The highest BCUT2D eigenvalue weighted by atomic mass is 79.9. The van der Waals surface area contributed by atoms with E-state index in [-0.39, 0.29) is 16.3 Å². The number of alkyl halides is 1. The maximum Gasteiger partial charge on any atom is 0.262 e. The maximum absolute atomic E-state index is 12.1. The first kappa shape index (κ1) is 13.7. The Bertz CT molecular complexity index is 371. The molecule has 0 aliphatic heterocycles. The van der Waals surface area contributed by atoms with Crippen LogP contribution in [-0.4, -0.2) is 16.3 Å². The molecule has 0 fully saturated rings. The van der Waals surface area contributed by atoms with Gasteiger partial charge in [0.2, 0.25) is 0 Å². The van der Waals surface area contributed by atoms with Gasteiger partial charge in [-0.2, -0.15) is 0 Å². The number of hydrogen-bond donors (Lipinski definition) is 1. The van der Waals surface area contributed by atoms with Gasteiger partial charge in [-0.15, -0.1) is 11.3 Å². The van der Waals surface area contributed by atoms with Crippen molar-refractivity contribution in [2.75, 3.05) is 0 Å². The van der Waals surface area contributed by atoms with E-state index in [1.54, 1.807) is 0 Å². The van der Waals surface area contributed by atoms with E-state index in [9.17, 15) is 4.79 Å². The van der Waals surface area contributed by atoms with Crippen LogP contribution in [0.4, 0.5) is 0 Å². The zero-order valence-electron chi connectivity index (χ0n) is 10.1. The zero-order valence-corrected chi connectivity index (χ0v) is 12.5.